The molecule has 0 fully saturated rings. The van der Waals surface area contributed by atoms with Crippen LogP contribution in [0.4, 0.5) is 0 Å². The van der Waals surface area contributed by atoms with Crippen LogP contribution in [0, 0.1) is 0 Å². The van der Waals surface area contributed by atoms with Crippen LogP contribution in [0.25, 0.3) is 10.1 Å². The van der Waals surface area contributed by atoms with Gasteiger partial charge in [-0.15, -0.1) is 11.3 Å². The number of nitrogens with zero attached hydrogens (tertiary/aromatic N) is 2. The van der Waals surface area contributed by atoms with Crippen LogP contribution in [-0.2, 0) is 6.54 Å². The highest BCUT2D eigenvalue weighted by molar-refractivity contribution is 7.21. The van der Waals surface area contributed by atoms with E-state index in [9.17, 15) is 9.90 Å². The van der Waals surface area contributed by atoms with Crippen molar-refractivity contribution in [1.82, 2.24) is 9.55 Å². The van der Waals surface area contributed by atoms with E-state index in [-0.39, 0.29) is 0 Å². The second kappa shape index (κ2) is 4.27. The fourth-order valence-corrected chi connectivity index (χ4v) is 3.04. The van der Waals surface area contributed by atoms with Gasteiger partial charge in [0, 0.05) is 22.7 Å². The second-order valence-corrected chi connectivity index (χ2v) is 5.00. The SMILES string of the molecule is O=C(O)c1sc2ccccc2c1Cn1ccnc1. The number of benzene rings is 1. The maximum Gasteiger partial charge on any atom is 0.346 e. The van der Waals surface area contributed by atoms with E-state index in [1.807, 2.05) is 35.0 Å². The Morgan fingerprint density at radius 3 is 2.94 bits per heavy atom. The summed E-state index contributed by atoms with van der Waals surface area (Å²) in [5.41, 5.74) is 0.848. The fourth-order valence-electron chi connectivity index (χ4n) is 1.99. The molecule has 0 aliphatic heterocycles. The molecule has 3 rings (SSSR count). The van der Waals surface area contributed by atoms with Crippen LogP contribution in [0.1, 0.15) is 15.2 Å². The van der Waals surface area contributed by atoms with E-state index in [1.54, 1.807) is 12.5 Å². The van der Waals surface area contributed by atoms with Crippen molar-refractivity contribution in [2.75, 3.05) is 0 Å². The molecule has 0 atom stereocenters. The summed E-state index contributed by atoms with van der Waals surface area (Å²) in [5.74, 6) is -0.869. The number of fused-ring (bicyclic) bond motifs is 1. The van der Waals surface area contributed by atoms with Gasteiger partial charge in [-0.2, -0.15) is 0 Å². The summed E-state index contributed by atoms with van der Waals surface area (Å²) < 4.78 is 2.88. The third kappa shape index (κ3) is 1.78. The molecule has 0 radical (unpaired) electrons. The van der Waals surface area contributed by atoms with Crippen molar-refractivity contribution >= 4 is 27.4 Å². The number of thiophene rings is 1. The van der Waals surface area contributed by atoms with Gasteiger partial charge < -0.3 is 9.67 Å². The molecule has 0 saturated heterocycles. The minimum atomic E-state index is -0.869. The lowest BCUT2D eigenvalue weighted by Crippen LogP contribution is -2.02. The first-order chi connectivity index (χ1) is 8.75. The third-order valence-electron chi connectivity index (χ3n) is 2.79. The van der Waals surface area contributed by atoms with E-state index in [2.05, 4.69) is 4.98 Å². The standard InChI is InChI=1S/C13H10N2O2S/c16-13(17)12-10(7-15-6-5-14-8-15)9-3-1-2-4-11(9)18-12/h1-6,8H,7H2,(H,16,17). The largest absolute Gasteiger partial charge is 0.477 e. The number of imidazole rings is 1. The summed E-state index contributed by atoms with van der Waals surface area (Å²) in [5, 5.41) is 10.3. The minimum Gasteiger partial charge on any atom is -0.477 e. The Kier molecular flexibility index (Phi) is 2.60. The molecule has 4 nitrogen and oxygen atoms in total. The zero-order valence-electron chi connectivity index (χ0n) is 9.41. The number of carboxylic acids is 1. The van der Waals surface area contributed by atoms with Crippen molar-refractivity contribution < 1.29 is 9.90 Å². The predicted octanol–water partition coefficient (Wildman–Crippen LogP) is 2.84. The first-order valence-electron chi connectivity index (χ1n) is 5.45. The van der Waals surface area contributed by atoms with Crippen LogP contribution in [-0.4, -0.2) is 20.6 Å². The predicted molar refractivity (Wildman–Crippen MR) is 70.1 cm³/mol. The highest BCUT2D eigenvalue weighted by Gasteiger charge is 2.17. The Morgan fingerprint density at radius 2 is 2.22 bits per heavy atom. The molecule has 0 spiro atoms. The topological polar surface area (TPSA) is 55.1 Å². The Labute approximate surface area is 107 Å². The molecule has 0 saturated carbocycles. The van der Waals surface area contributed by atoms with E-state index in [0.717, 1.165) is 15.6 Å². The monoisotopic (exact) mass is 258 g/mol. The van der Waals surface area contributed by atoms with Crippen molar-refractivity contribution in [2.24, 2.45) is 0 Å². The van der Waals surface area contributed by atoms with Gasteiger partial charge in [-0.3, -0.25) is 0 Å². The summed E-state index contributed by atoms with van der Waals surface area (Å²) in [6.45, 7) is 0.533. The quantitative estimate of drug-likeness (QED) is 0.786. The number of rotatable bonds is 3. The van der Waals surface area contributed by atoms with Crippen molar-refractivity contribution in [3.63, 3.8) is 0 Å². The zero-order chi connectivity index (χ0) is 12.5. The average molecular weight is 258 g/mol. The molecule has 2 heterocycles. The maximum absolute atomic E-state index is 11.3. The Hall–Kier alpha value is -2.14. The number of hydrogen-bond acceptors (Lipinski definition) is 3. The van der Waals surface area contributed by atoms with Gasteiger partial charge in [0.15, 0.2) is 0 Å². The van der Waals surface area contributed by atoms with Crippen LogP contribution in [0.3, 0.4) is 0 Å². The first-order valence-corrected chi connectivity index (χ1v) is 6.27. The van der Waals surface area contributed by atoms with Gasteiger partial charge in [0.05, 0.1) is 12.9 Å². The average Bonchev–Trinajstić information content (AvgIpc) is 2.98. The van der Waals surface area contributed by atoms with E-state index >= 15 is 0 Å². The van der Waals surface area contributed by atoms with Crippen molar-refractivity contribution in [3.05, 3.63) is 53.4 Å². The maximum atomic E-state index is 11.3. The summed E-state index contributed by atoms with van der Waals surface area (Å²) in [4.78, 5) is 15.7. The normalized spacial score (nSPS) is 10.9. The van der Waals surface area contributed by atoms with E-state index in [0.29, 0.717) is 11.4 Å². The molecule has 0 aliphatic rings. The van der Waals surface area contributed by atoms with E-state index in [4.69, 9.17) is 0 Å². The number of aromatic nitrogens is 2. The smallest absolute Gasteiger partial charge is 0.346 e. The first kappa shape index (κ1) is 11.0. The van der Waals surface area contributed by atoms with Crippen LogP contribution >= 0.6 is 11.3 Å². The number of aromatic carboxylic acids is 1. The van der Waals surface area contributed by atoms with Gasteiger partial charge in [0.1, 0.15) is 4.88 Å². The summed E-state index contributed by atoms with van der Waals surface area (Å²) in [7, 11) is 0. The van der Waals surface area contributed by atoms with Gasteiger partial charge in [-0.05, 0) is 11.5 Å². The highest BCUT2D eigenvalue weighted by atomic mass is 32.1. The highest BCUT2D eigenvalue weighted by Crippen LogP contribution is 2.31. The van der Waals surface area contributed by atoms with Crippen LogP contribution in [0.5, 0.6) is 0 Å². The molecule has 1 aromatic carbocycles. The molecule has 0 unspecified atom stereocenters. The number of carboxylic acid groups (broad SMARTS) is 1. The van der Waals surface area contributed by atoms with E-state index in [1.165, 1.54) is 11.3 Å². The molecule has 3 aromatic rings. The van der Waals surface area contributed by atoms with Gasteiger partial charge in [-0.1, -0.05) is 18.2 Å². The van der Waals surface area contributed by atoms with Crippen LogP contribution in [0.15, 0.2) is 43.0 Å². The second-order valence-electron chi connectivity index (χ2n) is 3.95. The lowest BCUT2D eigenvalue weighted by Gasteiger charge is -2.02. The van der Waals surface area contributed by atoms with Gasteiger partial charge in [-0.25, -0.2) is 9.78 Å². The van der Waals surface area contributed by atoms with Gasteiger partial charge in [0.2, 0.25) is 0 Å². The molecule has 2 aromatic heterocycles. The molecule has 18 heavy (non-hydrogen) atoms. The molecule has 1 N–H and O–H groups in total. The van der Waals surface area contributed by atoms with Crippen LogP contribution < -0.4 is 0 Å². The lowest BCUT2D eigenvalue weighted by molar-refractivity contribution is 0.0701. The van der Waals surface area contributed by atoms with Crippen LogP contribution in [0.2, 0.25) is 0 Å². The van der Waals surface area contributed by atoms with E-state index < -0.39 is 5.97 Å². The summed E-state index contributed by atoms with van der Waals surface area (Å²) in [6, 6.07) is 7.76. The Morgan fingerprint density at radius 1 is 1.39 bits per heavy atom. The van der Waals surface area contributed by atoms with Crippen molar-refractivity contribution in [3.8, 4) is 0 Å². The molecule has 0 bridgehead atoms. The molecular formula is C13H10N2O2S. The fraction of sp³-hybridized carbons (Fsp3) is 0.0769. The van der Waals surface area contributed by atoms with Crippen molar-refractivity contribution in [2.45, 2.75) is 6.54 Å². The van der Waals surface area contributed by atoms with Crippen molar-refractivity contribution in [1.29, 1.82) is 0 Å². The lowest BCUT2D eigenvalue weighted by atomic mass is 10.1. The van der Waals surface area contributed by atoms with Gasteiger partial charge >= 0.3 is 5.97 Å². The molecule has 0 aliphatic carbocycles. The summed E-state index contributed by atoms with van der Waals surface area (Å²) >= 11 is 1.32. The Bertz CT molecular complexity index is 701. The molecule has 5 heteroatoms. The number of carbonyl (C=O) groups is 1. The van der Waals surface area contributed by atoms with Gasteiger partial charge in [0.25, 0.3) is 0 Å². The number of hydrogen-bond donors (Lipinski definition) is 1. The molecular weight excluding hydrogens is 248 g/mol. The third-order valence-corrected chi connectivity index (χ3v) is 3.99. The molecule has 0 amide bonds. The molecule has 90 valence electrons. The zero-order valence-corrected chi connectivity index (χ0v) is 10.2. The summed E-state index contributed by atoms with van der Waals surface area (Å²) in [6.07, 6.45) is 5.21. The Balaban J connectivity index is 2.18. The minimum absolute atomic E-state index is 0.407.